The predicted octanol–water partition coefficient (Wildman–Crippen LogP) is 2.48. The first kappa shape index (κ1) is 18.1. The van der Waals surface area contributed by atoms with Gasteiger partial charge in [0, 0.05) is 13.0 Å². The van der Waals surface area contributed by atoms with Crippen LogP contribution in [0.1, 0.15) is 33.3 Å². The molecule has 1 rings (SSSR count). The molecule has 21 heavy (non-hydrogen) atoms. The number of benzene rings is 1. The van der Waals surface area contributed by atoms with Gasteiger partial charge in [0.1, 0.15) is 0 Å². The number of nitrogens with two attached hydrogens (primary N) is 1. The number of hydrogen-bond acceptors (Lipinski definition) is 3. The molecule has 0 saturated heterocycles. The molecule has 0 atom stereocenters. The van der Waals surface area contributed by atoms with Gasteiger partial charge in [-0.2, -0.15) is 0 Å². The molecule has 0 aliphatic carbocycles. The lowest BCUT2D eigenvalue weighted by atomic mass is 9.81. The summed E-state index contributed by atoms with van der Waals surface area (Å²) in [4.78, 5) is 0.649. The molecule has 3 N–H and O–H groups in total. The molecule has 0 saturated carbocycles. The molecule has 4 nitrogen and oxygen atoms in total. The van der Waals surface area contributed by atoms with Crippen molar-refractivity contribution in [3.05, 3.63) is 29.8 Å². The van der Waals surface area contributed by atoms with Gasteiger partial charge in [0.15, 0.2) is 0 Å². The van der Waals surface area contributed by atoms with Crippen LogP contribution in [0, 0.1) is 11.3 Å². The van der Waals surface area contributed by atoms with Gasteiger partial charge in [-0.1, -0.05) is 52.0 Å². The van der Waals surface area contributed by atoms with Gasteiger partial charge in [0.2, 0.25) is 10.0 Å². The van der Waals surface area contributed by atoms with Crippen molar-refractivity contribution >= 4 is 27.2 Å². The van der Waals surface area contributed by atoms with Gasteiger partial charge in [-0.3, -0.25) is 0 Å². The lowest BCUT2D eigenvalue weighted by Gasteiger charge is -2.29. The molecule has 0 unspecified atom stereocenters. The minimum Gasteiger partial charge on any atom is -0.393 e. The van der Waals surface area contributed by atoms with Crippen LogP contribution in [0.3, 0.4) is 0 Å². The smallest absolute Gasteiger partial charge is 0.240 e. The van der Waals surface area contributed by atoms with Crippen molar-refractivity contribution in [1.29, 1.82) is 0 Å². The summed E-state index contributed by atoms with van der Waals surface area (Å²) in [6.07, 6.45) is 0.476. The average molecular weight is 329 g/mol. The first-order chi connectivity index (χ1) is 9.54. The SMILES string of the molecule is CC(C)C(C)(C)CNS(=O)(=O)c1ccc(CC(N)=S)cc1. The van der Waals surface area contributed by atoms with Crippen LogP contribution < -0.4 is 10.5 Å². The zero-order valence-corrected chi connectivity index (χ0v) is 14.6. The van der Waals surface area contributed by atoms with Crippen LogP contribution in [0.2, 0.25) is 0 Å². The van der Waals surface area contributed by atoms with E-state index < -0.39 is 10.0 Å². The van der Waals surface area contributed by atoms with Crippen LogP contribution in [-0.2, 0) is 16.4 Å². The number of nitrogens with one attached hydrogen (secondary N) is 1. The number of sulfonamides is 1. The summed E-state index contributed by atoms with van der Waals surface area (Å²) in [6, 6.07) is 6.64. The Morgan fingerprint density at radius 2 is 1.81 bits per heavy atom. The molecule has 0 amide bonds. The highest BCUT2D eigenvalue weighted by molar-refractivity contribution is 7.89. The summed E-state index contributed by atoms with van der Waals surface area (Å²) in [5.41, 5.74) is 6.28. The first-order valence-corrected chi connectivity index (χ1v) is 8.80. The van der Waals surface area contributed by atoms with Crippen molar-refractivity contribution < 1.29 is 8.42 Å². The van der Waals surface area contributed by atoms with Crippen molar-refractivity contribution in [3.63, 3.8) is 0 Å². The van der Waals surface area contributed by atoms with Gasteiger partial charge in [-0.15, -0.1) is 0 Å². The topological polar surface area (TPSA) is 72.2 Å². The van der Waals surface area contributed by atoms with E-state index >= 15 is 0 Å². The van der Waals surface area contributed by atoms with Crippen LogP contribution in [0.25, 0.3) is 0 Å². The summed E-state index contributed by atoms with van der Waals surface area (Å²) in [7, 11) is -3.49. The maximum Gasteiger partial charge on any atom is 0.240 e. The fourth-order valence-corrected chi connectivity index (χ4v) is 2.95. The lowest BCUT2D eigenvalue weighted by Crippen LogP contribution is -2.36. The zero-order valence-electron chi connectivity index (χ0n) is 13.0. The molecule has 0 aliphatic rings. The van der Waals surface area contributed by atoms with E-state index in [9.17, 15) is 8.42 Å². The third-order valence-corrected chi connectivity index (χ3v) is 5.45. The monoisotopic (exact) mass is 328 g/mol. The second-order valence-electron chi connectivity index (χ2n) is 6.25. The van der Waals surface area contributed by atoms with E-state index in [-0.39, 0.29) is 10.3 Å². The van der Waals surface area contributed by atoms with Crippen molar-refractivity contribution in [2.24, 2.45) is 17.1 Å². The summed E-state index contributed by atoms with van der Waals surface area (Å²) >= 11 is 4.84. The minimum atomic E-state index is -3.49. The Kier molecular flexibility index (Phi) is 5.90. The maximum atomic E-state index is 12.3. The van der Waals surface area contributed by atoms with E-state index in [4.69, 9.17) is 18.0 Å². The Morgan fingerprint density at radius 1 is 1.29 bits per heavy atom. The molecule has 0 spiro atoms. The fraction of sp³-hybridized carbons (Fsp3) is 0.533. The molecule has 6 heteroatoms. The normalized spacial score (nSPS) is 12.6. The van der Waals surface area contributed by atoms with Crippen LogP contribution in [0.5, 0.6) is 0 Å². The molecular weight excluding hydrogens is 304 g/mol. The van der Waals surface area contributed by atoms with Crippen LogP contribution in [0.15, 0.2) is 29.2 Å². The average Bonchev–Trinajstić information content (AvgIpc) is 2.36. The Bertz CT molecular complexity index is 591. The van der Waals surface area contributed by atoms with E-state index in [0.29, 0.717) is 23.9 Å². The molecule has 0 fully saturated rings. The second-order valence-corrected chi connectivity index (χ2v) is 8.55. The predicted molar refractivity (Wildman–Crippen MR) is 90.7 cm³/mol. The van der Waals surface area contributed by atoms with Gasteiger partial charge in [0.25, 0.3) is 0 Å². The van der Waals surface area contributed by atoms with Gasteiger partial charge in [-0.25, -0.2) is 13.1 Å². The molecule has 1 aromatic rings. The zero-order chi connectivity index (χ0) is 16.3. The third kappa shape index (κ3) is 5.37. The van der Waals surface area contributed by atoms with E-state index in [0.717, 1.165) is 5.56 Å². The van der Waals surface area contributed by atoms with Crippen LogP contribution >= 0.6 is 12.2 Å². The Morgan fingerprint density at radius 3 is 2.24 bits per heavy atom. The molecule has 0 aliphatic heterocycles. The maximum absolute atomic E-state index is 12.3. The Balaban J connectivity index is 2.81. The highest BCUT2D eigenvalue weighted by Crippen LogP contribution is 2.25. The lowest BCUT2D eigenvalue weighted by molar-refractivity contribution is 0.252. The van der Waals surface area contributed by atoms with Crippen molar-refractivity contribution in [3.8, 4) is 0 Å². The summed E-state index contributed by atoms with van der Waals surface area (Å²) < 4.78 is 27.2. The molecule has 0 radical (unpaired) electrons. The molecular formula is C15H24N2O2S2. The molecule has 1 aromatic carbocycles. The van der Waals surface area contributed by atoms with E-state index in [1.807, 2.05) is 13.8 Å². The summed E-state index contributed by atoms with van der Waals surface area (Å²) in [6.45, 7) is 8.66. The fourth-order valence-electron chi connectivity index (χ4n) is 1.56. The van der Waals surface area contributed by atoms with E-state index in [2.05, 4.69) is 18.6 Å². The van der Waals surface area contributed by atoms with Crippen molar-refractivity contribution in [2.75, 3.05) is 6.54 Å². The van der Waals surface area contributed by atoms with Crippen LogP contribution in [-0.4, -0.2) is 20.0 Å². The molecule has 0 bridgehead atoms. The highest BCUT2D eigenvalue weighted by Gasteiger charge is 2.25. The number of thiocarbonyl (C=S) groups is 1. The standard InChI is InChI=1S/C15H24N2O2S2/c1-11(2)15(3,4)10-17-21(18,19)13-7-5-12(6-8-13)9-14(16)20/h5-8,11,17H,9-10H2,1-4H3,(H2,16,20). The first-order valence-electron chi connectivity index (χ1n) is 6.91. The summed E-state index contributed by atoms with van der Waals surface area (Å²) in [5.74, 6) is 0.383. The molecule has 118 valence electrons. The number of hydrogen-bond donors (Lipinski definition) is 2. The van der Waals surface area contributed by atoms with Crippen LogP contribution in [0.4, 0.5) is 0 Å². The van der Waals surface area contributed by atoms with E-state index in [1.165, 1.54) is 0 Å². The van der Waals surface area contributed by atoms with E-state index in [1.54, 1.807) is 24.3 Å². The second kappa shape index (κ2) is 6.85. The van der Waals surface area contributed by atoms with Gasteiger partial charge in [-0.05, 0) is 29.0 Å². The van der Waals surface area contributed by atoms with Gasteiger partial charge in [0.05, 0.1) is 9.88 Å². The molecule has 0 aromatic heterocycles. The highest BCUT2D eigenvalue weighted by atomic mass is 32.2. The largest absolute Gasteiger partial charge is 0.393 e. The quantitative estimate of drug-likeness (QED) is 0.754. The van der Waals surface area contributed by atoms with Gasteiger partial charge < -0.3 is 5.73 Å². The summed E-state index contributed by atoms with van der Waals surface area (Å²) in [5, 5.41) is 0. The molecule has 0 heterocycles. The Labute approximate surface area is 133 Å². The number of rotatable bonds is 7. The minimum absolute atomic E-state index is 0.0985. The Hall–Kier alpha value is -0.980. The van der Waals surface area contributed by atoms with Gasteiger partial charge >= 0.3 is 0 Å². The van der Waals surface area contributed by atoms with Crippen molar-refractivity contribution in [1.82, 2.24) is 4.72 Å². The van der Waals surface area contributed by atoms with Crippen molar-refractivity contribution in [2.45, 2.75) is 39.0 Å². The third-order valence-electron chi connectivity index (χ3n) is 3.89.